The SMILES string of the molecule is CC(C)(C)OC1CC(=O)C(Br)C1. The van der Waals surface area contributed by atoms with Gasteiger partial charge in [0.2, 0.25) is 0 Å². The molecule has 0 heterocycles. The van der Waals surface area contributed by atoms with Gasteiger partial charge < -0.3 is 4.74 Å². The molecule has 0 radical (unpaired) electrons. The van der Waals surface area contributed by atoms with Gasteiger partial charge in [-0.05, 0) is 27.2 Å². The lowest BCUT2D eigenvalue weighted by atomic mass is 10.1. The second-order valence-electron chi connectivity index (χ2n) is 4.23. The maximum Gasteiger partial charge on any atom is 0.149 e. The number of Topliss-reactive ketones (excluding diaryl/α,β-unsaturated/α-hetero) is 1. The molecule has 12 heavy (non-hydrogen) atoms. The minimum absolute atomic E-state index is 0.0184. The van der Waals surface area contributed by atoms with Crippen LogP contribution in [0, 0.1) is 0 Å². The largest absolute Gasteiger partial charge is 0.372 e. The highest BCUT2D eigenvalue weighted by Gasteiger charge is 2.33. The molecule has 3 heteroatoms. The van der Waals surface area contributed by atoms with E-state index in [0.717, 1.165) is 6.42 Å². The van der Waals surface area contributed by atoms with Crippen molar-refractivity contribution in [1.29, 1.82) is 0 Å². The summed E-state index contributed by atoms with van der Waals surface area (Å²) in [5.41, 5.74) is -0.137. The first kappa shape index (κ1) is 10.2. The van der Waals surface area contributed by atoms with Crippen LogP contribution in [0.4, 0.5) is 0 Å². The third kappa shape index (κ3) is 2.87. The van der Waals surface area contributed by atoms with Crippen LogP contribution in [0.15, 0.2) is 0 Å². The molecule has 1 aliphatic rings. The molecule has 2 atom stereocenters. The molecular weight excluding hydrogens is 220 g/mol. The molecule has 0 spiro atoms. The van der Waals surface area contributed by atoms with Gasteiger partial charge in [-0.1, -0.05) is 15.9 Å². The number of carbonyl (C=O) groups excluding carboxylic acids is 1. The Morgan fingerprint density at radius 2 is 2.08 bits per heavy atom. The molecular formula is C9H15BrO2. The zero-order chi connectivity index (χ0) is 9.35. The van der Waals surface area contributed by atoms with Gasteiger partial charge in [-0.25, -0.2) is 0 Å². The molecule has 2 unspecified atom stereocenters. The van der Waals surface area contributed by atoms with Crippen molar-refractivity contribution >= 4 is 21.7 Å². The van der Waals surface area contributed by atoms with Crippen molar-refractivity contribution in [3.05, 3.63) is 0 Å². The highest BCUT2D eigenvalue weighted by atomic mass is 79.9. The zero-order valence-corrected chi connectivity index (χ0v) is 9.35. The van der Waals surface area contributed by atoms with E-state index in [2.05, 4.69) is 15.9 Å². The summed E-state index contributed by atoms with van der Waals surface area (Å²) in [7, 11) is 0. The smallest absolute Gasteiger partial charge is 0.149 e. The first-order valence-corrected chi connectivity index (χ1v) is 5.14. The van der Waals surface area contributed by atoms with Gasteiger partial charge in [-0.3, -0.25) is 4.79 Å². The van der Waals surface area contributed by atoms with Crippen LogP contribution in [0.2, 0.25) is 0 Å². The van der Waals surface area contributed by atoms with Gasteiger partial charge in [0, 0.05) is 6.42 Å². The van der Waals surface area contributed by atoms with Crippen LogP contribution < -0.4 is 0 Å². The van der Waals surface area contributed by atoms with Crippen LogP contribution in [0.3, 0.4) is 0 Å². The normalized spacial score (nSPS) is 31.2. The van der Waals surface area contributed by atoms with Crippen molar-refractivity contribution in [2.45, 2.75) is 50.1 Å². The number of ketones is 1. The maximum absolute atomic E-state index is 11.1. The first-order valence-electron chi connectivity index (χ1n) is 4.23. The molecule has 1 fully saturated rings. The van der Waals surface area contributed by atoms with Crippen LogP contribution in [0.5, 0.6) is 0 Å². The van der Waals surface area contributed by atoms with Gasteiger partial charge in [-0.2, -0.15) is 0 Å². The number of carbonyl (C=O) groups is 1. The summed E-state index contributed by atoms with van der Waals surface area (Å²) < 4.78 is 5.69. The van der Waals surface area contributed by atoms with Gasteiger partial charge in [0.25, 0.3) is 0 Å². The molecule has 70 valence electrons. The average molecular weight is 235 g/mol. The van der Waals surface area contributed by atoms with E-state index >= 15 is 0 Å². The second kappa shape index (κ2) is 3.46. The molecule has 0 aromatic rings. The number of hydrogen-bond acceptors (Lipinski definition) is 2. The molecule has 1 aliphatic carbocycles. The van der Waals surface area contributed by atoms with Gasteiger partial charge in [0.05, 0.1) is 16.5 Å². The van der Waals surface area contributed by atoms with Crippen molar-refractivity contribution in [3.63, 3.8) is 0 Å². The lowest BCUT2D eigenvalue weighted by Gasteiger charge is -2.24. The fourth-order valence-corrected chi connectivity index (χ4v) is 1.99. The summed E-state index contributed by atoms with van der Waals surface area (Å²) in [5.74, 6) is 0.268. The average Bonchev–Trinajstić information content (AvgIpc) is 2.07. The topological polar surface area (TPSA) is 26.3 Å². The quantitative estimate of drug-likeness (QED) is 0.652. The van der Waals surface area contributed by atoms with Crippen molar-refractivity contribution in [3.8, 4) is 0 Å². The van der Waals surface area contributed by atoms with Crippen molar-refractivity contribution in [2.75, 3.05) is 0 Å². The zero-order valence-electron chi connectivity index (χ0n) is 7.76. The van der Waals surface area contributed by atoms with Crippen LogP contribution in [-0.4, -0.2) is 22.3 Å². The molecule has 0 aliphatic heterocycles. The Bertz CT molecular complexity index is 183. The number of hydrogen-bond donors (Lipinski definition) is 0. The van der Waals surface area contributed by atoms with Gasteiger partial charge >= 0.3 is 0 Å². The molecule has 0 saturated heterocycles. The Hall–Kier alpha value is 0.110. The van der Waals surface area contributed by atoms with Crippen molar-refractivity contribution < 1.29 is 9.53 Å². The molecule has 1 rings (SSSR count). The molecule has 0 N–H and O–H groups in total. The Morgan fingerprint density at radius 1 is 1.50 bits per heavy atom. The third-order valence-corrected chi connectivity index (χ3v) is 2.65. The lowest BCUT2D eigenvalue weighted by Crippen LogP contribution is -2.25. The maximum atomic E-state index is 11.1. The fraction of sp³-hybridized carbons (Fsp3) is 0.889. The first-order chi connectivity index (χ1) is 5.38. The van der Waals surface area contributed by atoms with E-state index in [0.29, 0.717) is 6.42 Å². The number of ether oxygens (including phenoxy) is 1. The molecule has 2 nitrogen and oxygen atoms in total. The summed E-state index contributed by atoms with van der Waals surface area (Å²) in [6.45, 7) is 6.04. The van der Waals surface area contributed by atoms with Gasteiger partial charge in [0.15, 0.2) is 0 Å². The number of alkyl halides is 1. The minimum Gasteiger partial charge on any atom is -0.372 e. The Balaban J connectivity index is 2.43. The monoisotopic (exact) mass is 234 g/mol. The van der Waals surface area contributed by atoms with E-state index in [1.54, 1.807) is 0 Å². The van der Waals surface area contributed by atoms with Crippen LogP contribution >= 0.6 is 15.9 Å². The molecule has 0 amide bonds. The highest BCUT2D eigenvalue weighted by molar-refractivity contribution is 9.10. The highest BCUT2D eigenvalue weighted by Crippen LogP contribution is 2.27. The molecule has 1 saturated carbocycles. The van der Waals surface area contributed by atoms with Crippen molar-refractivity contribution in [1.82, 2.24) is 0 Å². The number of rotatable bonds is 1. The van der Waals surface area contributed by atoms with E-state index in [1.165, 1.54) is 0 Å². The molecule has 0 aromatic heterocycles. The van der Waals surface area contributed by atoms with Crippen LogP contribution in [-0.2, 0) is 9.53 Å². The Labute approximate surface area is 81.8 Å². The summed E-state index contributed by atoms with van der Waals surface area (Å²) in [4.78, 5) is 11.2. The van der Waals surface area contributed by atoms with Gasteiger partial charge in [0.1, 0.15) is 5.78 Å². The standard InChI is InChI=1S/C9H15BrO2/c1-9(2,3)12-6-4-7(10)8(11)5-6/h6-7H,4-5H2,1-3H3. The third-order valence-electron chi connectivity index (χ3n) is 1.77. The van der Waals surface area contributed by atoms with E-state index in [9.17, 15) is 4.79 Å². The fourth-order valence-electron chi connectivity index (χ4n) is 1.39. The van der Waals surface area contributed by atoms with E-state index in [1.807, 2.05) is 20.8 Å². The Kier molecular flexibility index (Phi) is 2.94. The predicted molar refractivity (Wildman–Crippen MR) is 51.6 cm³/mol. The second-order valence-corrected chi connectivity index (χ2v) is 5.33. The lowest BCUT2D eigenvalue weighted by molar-refractivity contribution is -0.119. The predicted octanol–water partition coefficient (Wildman–Crippen LogP) is 2.30. The van der Waals surface area contributed by atoms with E-state index in [-0.39, 0.29) is 22.3 Å². The van der Waals surface area contributed by atoms with E-state index in [4.69, 9.17) is 4.74 Å². The summed E-state index contributed by atoms with van der Waals surface area (Å²) in [6, 6.07) is 0. The van der Waals surface area contributed by atoms with E-state index < -0.39 is 0 Å². The summed E-state index contributed by atoms with van der Waals surface area (Å²) >= 11 is 3.32. The summed E-state index contributed by atoms with van der Waals surface area (Å²) in [5, 5.41) is 0. The van der Waals surface area contributed by atoms with Crippen LogP contribution in [0.25, 0.3) is 0 Å². The Morgan fingerprint density at radius 3 is 2.42 bits per heavy atom. The minimum atomic E-state index is -0.137. The van der Waals surface area contributed by atoms with Gasteiger partial charge in [-0.15, -0.1) is 0 Å². The van der Waals surface area contributed by atoms with Crippen LogP contribution in [0.1, 0.15) is 33.6 Å². The summed E-state index contributed by atoms with van der Waals surface area (Å²) in [6.07, 6.45) is 1.49. The molecule has 0 aromatic carbocycles. The molecule has 0 bridgehead atoms. The van der Waals surface area contributed by atoms with Crippen molar-refractivity contribution in [2.24, 2.45) is 0 Å². The number of halogens is 1.